The number of carbonyl (C=O) groups is 2. The lowest BCUT2D eigenvalue weighted by Crippen LogP contribution is -2.35. The molecule has 0 spiro atoms. The van der Waals surface area contributed by atoms with Crippen LogP contribution in [0.25, 0.3) is 5.76 Å². The van der Waals surface area contributed by atoms with E-state index in [0.29, 0.717) is 43.4 Å². The Balaban J connectivity index is 1.66. The minimum atomic E-state index is -0.724. The van der Waals surface area contributed by atoms with Crippen LogP contribution >= 0.6 is 0 Å². The Bertz CT molecular complexity index is 1300. The van der Waals surface area contributed by atoms with Crippen LogP contribution in [0.3, 0.4) is 0 Å². The lowest BCUT2D eigenvalue weighted by atomic mass is 9.95. The zero-order valence-corrected chi connectivity index (χ0v) is 22.8. The van der Waals surface area contributed by atoms with Gasteiger partial charge in [0.2, 0.25) is 0 Å². The summed E-state index contributed by atoms with van der Waals surface area (Å²) in [4.78, 5) is 30.0. The second kappa shape index (κ2) is 13.1. The van der Waals surface area contributed by atoms with Crippen LogP contribution in [0.1, 0.15) is 42.5 Å². The molecule has 0 aromatic heterocycles. The lowest BCUT2D eigenvalue weighted by Gasteiger charge is -2.26. The largest absolute Gasteiger partial charge is 0.507 e. The van der Waals surface area contributed by atoms with Crippen molar-refractivity contribution in [2.75, 3.05) is 33.8 Å². The summed E-state index contributed by atoms with van der Waals surface area (Å²) in [6.07, 6.45) is 1.92. The van der Waals surface area contributed by atoms with E-state index in [1.807, 2.05) is 79.7 Å². The number of amides is 1. The number of benzene rings is 3. The molecule has 4 rings (SSSR count). The van der Waals surface area contributed by atoms with E-state index < -0.39 is 17.7 Å². The second-order valence-corrected chi connectivity index (χ2v) is 9.87. The van der Waals surface area contributed by atoms with Gasteiger partial charge in [-0.25, -0.2) is 0 Å². The summed E-state index contributed by atoms with van der Waals surface area (Å²) >= 11 is 0. The van der Waals surface area contributed by atoms with E-state index in [4.69, 9.17) is 9.47 Å². The highest BCUT2D eigenvalue weighted by Crippen LogP contribution is 2.40. The molecule has 1 unspecified atom stereocenters. The van der Waals surface area contributed by atoms with Crippen molar-refractivity contribution >= 4 is 17.4 Å². The number of hydrogen-bond acceptors (Lipinski definition) is 6. The van der Waals surface area contributed by atoms with Gasteiger partial charge in [0.05, 0.1) is 18.2 Å². The quantitative estimate of drug-likeness (QED) is 0.146. The normalized spacial score (nSPS) is 16.6. The van der Waals surface area contributed by atoms with E-state index in [-0.39, 0.29) is 11.3 Å². The van der Waals surface area contributed by atoms with E-state index in [1.165, 1.54) is 4.90 Å². The molecule has 1 saturated heterocycles. The van der Waals surface area contributed by atoms with Gasteiger partial charge in [-0.05, 0) is 55.9 Å². The molecule has 204 valence electrons. The number of likely N-dealkylation sites (tertiary alicyclic amines) is 1. The Morgan fingerprint density at radius 2 is 1.67 bits per heavy atom. The van der Waals surface area contributed by atoms with Crippen LogP contribution in [0.2, 0.25) is 0 Å². The van der Waals surface area contributed by atoms with Crippen molar-refractivity contribution in [3.8, 4) is 11.5 Å². The fourth-order valence-corrected chi connectivity index (χ4v) is 4.48. The van der Waals surface area contributed by atoms with Crippen molar-refractivity contribution in [3.05, 3.63) is 101 Å². The van der Waals surface area contributed by atoms with Crippen molar-refractivity contribution in [2.24, 2.45) is 0 Å². The van der Waals surface area contributed by atoms with Gasteiger partial charge in [-0.2, -0.15) is 0 Å². The number of unbranched alkanes of at least 4 members (excludes halogenated alkanes) is 1. The third-order valence-corrected chi connectivity index (χ3v) is 6.65. The average Bonchev–Trinajstić information content (AvgIpc) is 3.20. The van der Waals surface area contributed by atoms with Crippen LogP contribution < -0.4 is 9.47 Å². The first-order chi connectivity index (χ1) is 18.9. The van der Waals surface area contributed by atoms with E-state index in [0.717, 1.165) is 24.0 Å². The van der Waals surface area contributed by atoms with Crippen molar-refractivity contribution in [1.82, 2.24) is 9.80 Å². The van der Waals surface area contributed by atoms with Gasteiger partial charge in [0, 0.05) is 18.7 Å². The smallest absolute Gasteiger partial charge is 0.295 e. The molecule has 0 radical (unpaired) electrons. The Hall–Kier alpha value is -4.10. The van der Waals surface area contributed by atoms with Crippen LogP contribution in [0, 0.1) is 0 Å². The maximum atomic E-state index is 13.3. The molecule has 7 nitrogen and oxygen atoms in total. The van der Waals surface area contributed by atoms with E-state index >= 15 is 0 Å². The summed E-state index contributed by atoms with van der Waals surface area (Å²) in [6, 6.07) is 23.5. The minimum absolute atomic E-state index is 0.0717. The number of rotatable bonds is 12. The van der Waals surface area contributed by atoms with Gasteiger partial charge in [0.1, 0.15) is 23.9 Å². The van der Waals surface area contributed by atoms with Gasteiger partial charge < -0.3 is 24.4 Å². The molecule has 0 bridgehead atoms. The van der Waals surface area contributed by atoms with Crippen molar-refractivity contribution in [2.45, 2.75) is 32.4 Å². The molecule has 1 aliphatic rings. The number of aliphatic hydroxyl groups is 1. The van der Waals surface area contributed by atoms with Gasteiger partial charge in [0.15, 0.2) is 0 Å². The van der Waals surface area contributed by atoms with Crippen LogP contribution in [0.5, 0.6) is 11.5 Å². The molecule has 7 heteroatoms. The first-order valence-corrected chi connectivity index (χ1v) is 13.3. The number of ketones is 1. The van der Waals surface area contributed by atoms with Gasteiger partial charge >= 0.3 is 0 Å². The highest BCUT2D eigenvalue weighted by atomic mass is 16.5. The monoisotopic (exact) mass is 528 g/mol. The lowest BCUT2D eigenvalue weighted by molar-refractivity contribution is -0.140. The van der Waals surface area contributed by atoms with E-state index in [9.17, 15) is 14.7 Å². The summed E-state index contributed by atoms with van der Waals surface area (Å²) < 4.78 is 11.7. The van der Waals surface area contributed by atoms with E-state index in [1.54, 1.807) is 18.2 Å². The minimum Gasteiger partial charge on any atom is -0.507 e. The molecule has 1 heterocycles. The maximum Gasteiger partial charge on any atom is 0.295 e. The highest BCUT2D eigenvalue weighted by Gasteiger charge is 2.45. The summed E-state index contributed by atoms with van der Waals surface area (Å²) in [5.41, 5.74) is 2.28. The molecule has 3 aromatic rings. The Morgan fingerprint density at radius 1 is 0.923 bits per heavy atom. The third-order valence-electron chi connectivity index (χ3n) is 6.65. The van der Waals surface area contributed by atoms with Crippen molar-refractivity contribution in [1.29, 1.82) is 0 Å². The zero-order chi connectivity index (χ0) is 27.8. The second-order valence-electron chi connectivity index (χ2n) is 9.87. The fraction of sp³-hybridized carbons (Fsp3) is 0.312. The van der Waals surface area contributed by atoms with Crippen LogP contribution in [0.4, 0.5) is 0 Å². The number of hydrogen-bond donors (Lipinski definition) is 1. The molecule has 1 atom stereocenters. The number of ether oxygens (including phenoxy) is 2. The number of carbonyl (C=O) groups excluding carboxylic acids is 2. The summed E-state index contributed by atoms with van der Waals surface area (Å²) in [6.45, 7) is 3.99. The number of likely N-dealkylation sites (N-methyl/N-ethyl adjacent to an activating group) is 1. The van der Waals surface area contributed by atoms with Crippen molar-refractivity contribution < 1.29 is 24.2 Å². The Labute approximate surface area is 230 Å². The molecule has 1 amide bonds. The van der Waals surface area contributed by atoms with E-state index in [2.05, 4.69) is 6.92 Å². The summed E-state index contributed by atoms with van der Waals surface area (Å²) in [5, 5.41) is 11.4. The summed E-state index contributed by atoms with van der Waals surface area (Å²) in [7, 11) is 3.82. The third kappa shape index (κ3) is 6.86. The number of nitrogens with zero attached hydrogens (tertiary/aromatic N) is 2. The van der Waals surface area contributed by atoms with Crippen LogP contribution in [0.15, 0.2) is 84.4 Å². The van der Waals surface area contributed by atoms with Crippen LogP contribution in [-0.4, -0.2) is 60.4 Å². The van der Waals surface area contributed by atoms with Gasteiger partial charge in [-0.15, -0.1) is 0 Å². The maximum absolute atomic E-state index is 13.3. The Morgan fingerprint density at radius 3 is 2.36 bits per heavy atom. The van der Waals surface area contributed by atoms with Gasteiger partial charge in [-0.3, -0.25) is 9.59 Å². The molecule has 0 aliphatic carbocycles. The first-order valence-electron chi connectivity index (χ1n) is 13.3. The molecule has 1 aliphatic heterocycles. The van der Waals surface area contributed by atoms with Gasteiger partial charge in [-0.1, -0.05) is 67.9 Å². The van der Waals surface area contributed by atoms with Crippen molar-refractivity contribution in [3.63, 3.8) is 0 Å². The molecular weight excluding hydrogens is 492 g/mol. The summed E-state index contributed by atoms with van der Waals surface area (Å²) in [5.74, 6) is -0.257. The van der Waals surface area contributed by atoms with Crippen LogP contribution in [-0.2, 0) is 16.2 Å². The Kier molecular flexibility index (Phi) is 9.39. The van der Waals surface area contributed by atoms with Gasteiger partial charge in [0.25, 0.3) is 11.7 Å². The predicted octanol–water partition coefficient (Wildman–Crippen LogP) is 5.43. The molecule has 0 saturated carbocycles. The highest BCUT2D eigenvalue weighted by molar-refractivity contribution is 6.46. The molecule has 3 aromatic carbocycles. The SMILES string of the molecule is CCCCOc1cccc(C(O)=C2C(=O)C(=O)N(CCN(C)C)C2c2ccc(OCc3ccccc3)cc2)c1. The number of Topliss-reactive ketones (excluding diaryl/α,β-unsaturated/α-hetero) is 1. The zero-order valence-electron chi connectivity index (χ0n) is 22.8. The predicted molar refractivity (Wildman–Crippen MR) is 152 cm³/mol. The molecule has 39 heavy (non-hydrogen) atoms. The average molecular weight is 529 g/mol. The first kappa shape index (κ1) is 27.9. The topological polar surface area (TPSA) is 79.3 Å². The molecular formula is C32H36N2O5. The standard InChI is InChI=1S/C32H36N2O5/c1-4-5-20-38-27-13-9-12-25(21-27)30(35)28-29(34(19-18-33(2)3)32(37)31(28)36)24-14-16-26(17-15-24)39-22-23-10-7-6-8-11-23/h6-17,21,29,35H,4-5,18-20,22H2,1-3H3. The fourth-order valence-electron chi connectivity index (χ4n) is 4.48. The number of aliphatic hydroxyl groups excluding tert-OH is 1. The molecule has 1 N–H and O–H groups in total. The molecule has 1 fully saturated rings.